The number of halogens is 2. The lowest BCUT2D eigenvalue weighted by molar-refractivity contribution is 0.0281. The van der Waals surface area contributed by atoms with Crippen LogP contribution in [0.5, 0.6) is 0 Å². The number of aliphatic hydroxyl groups excluding tert-OH is 1. The van der Waals surface area contributed by atoms with E-state index in [4.69, 9.17) is 11.6 Å². The maximum Gasteiger partial charge on any atom is 0.165 e. The van der Waals surface area contributed by atoms with Crippen LogP contribution in [0.3, 0.4) is 0 Å². The average Bonchev–Trinajstić information content (AvgIpc) is 2.34. The number of benzene rings is 1. The van der Waals surface area contributed by atoms with Gasteiger partial charge in [0.05, 0.1) is 11.1 Å². The molecular formula is C15H19BrClNO2. The summed E-state index contributed by atoms with van der Waals surface area (Å²) < 4.78 is 0.875. The molecule has 1 aliphatic carbocycles. The third kappa shape index (κ3) is 4.29. The Balaban J connectivity index is 1.79. The van der Waals surface area contributed by atoms with Gasteiger partial charge in [-0.2, -0.15) is 0 Å². The second-order valence-corrected chi connectivity index (χ2v) is 6.87. The lowest BCUT2D eigenvalue weighted by Gasteiger charge is -2.34. The fraction of sp³-hybridized carbons (Fsp3) is 0.533. The van der Waals surface area contributed by atoms with Gasteiger partial charge in [0.1, 0.15) is 0 Å². The molecule has 1 aliphatic rings. The van der Waals surface area contributed by atoms with Crippen LogP contribution in [-0.4, -0.2) is 42.0 Å². The van der Waals surface area contributed by atoms with E-state index in [1.165, 1.54) is 0 Å². The van der Waals surface area contributed by atoms with Crippen molar-refractivity contribution in [3.8, 4) is 0 Å². The maximum atomic E-state index is 12.1. The van der Waals surface area contributed by atoms with Gasteiger partial charge in [0.2, 0.25) is 0 Å². The molecule has 0 unspecified atom stereocenters. The van der Waals surface area contributed by atoms with Crippen molar-refractivity contribution in [3.05, 3.63) is 33.3 Å². The van der Waals surface area contributed by atoms with Gasteiger partial charge in [-0.1, -0.05) is 27.5 Å². The van der Waals surface area contributed by atoms with E-state index in [9.17, 15) is 9.90 Å². The summed E-state index contributed by atoms with van der Waals surface area (Å²) in [6, 6.07) is 5.34. The zero-order chi connectivity index (χ0) is 14.7. The highest BCUT2D eigenvalue weighted by Gasteiger charge is 2.27. The Morgan fingerprint density at radius 2 is 2.20 bits per heavy atom. The predicted octanol–water partition coefficient (Wildman–Crippen LogP) is 3.38. The van der Waals surface area contributed by atoms with Crippen molar-refractivity contribution in [3.63, 3.8) is 0 Å². The van der Waals surface area contributed by atoms with Crippen molar-refractivity contribution >= 4 is 33.3 Å². The molecule has 0 radical (unpaired) electrons. The van der Waals surface area contributed by atoms with E-state index in [0.717, 1.165) is 30.4 Å². The van der Waals surface area contributed by atoms with Crippen molar-refractivity contribution in [2.45, 2.75) is 25.4 Å². The molecule has 110 valence electrons. The summed E-state index contributed by atoms with van der Waals surface area (Å²) >= 11 is 9.41. The highest BCUT2D eigenvalue weighted by atomic mass is 79.9. The van der Waals surface area contributed by atoms with Crippen LogP contribution in [0.4, 0.5) is 0 Å². The van der Waals surface area contributed by atoms with Gasteiger partial charge in [-0.05, 0) is 44.0 Å². The molecule has 0 amide bonds. The van der Waals surface area contributed by atoms with Gasteiger partial charge < -0.3 is 10.0 Å². The van der Waals surface area contributed by atoms with Crippen LogP contribution in [0, 0.1) is 5.92 Å². The minimum atomic E-state index is -0.114. The van der Waals surface area contributed by atoms with Gasteiger partial charge in [-0.25, -0.2) is 0 Å². The molecule has 0 aromatic heterocycles. The SMILES string of the molecule is CN(CCC(=O)c1ccc(Br)cc1Cl)CC1CC(O)C1. The standard InChI is InChI=1S/C15H19BrClNO2/c1-18(9-10-6-12(19)7-10)5-4-15(20)13-3-2-11(16)8-14(13)17/h2-3,8,10,12,19H,4-7,9H2,1H3. The van der Waals surface area contributed by atoms with Gasteiger partial charge in [0.25, 0.3) is 0 Å². The first-order chi connectivity index (χ1) is 9.45. The summed E-state index contributed by atoms with van der Waals surface area (Å²) in [5, 5.41) is 9.75. The quantitative estimate of drug-likeness (QED) is 0.791. The van der Waals surface area contributed by atoms with Crippen LogP contribution in [0.15, 0.2) is 22.7 Å². The van der Waals surface area contributed by atoms with Crippen molar-refractivity contribution in [1.82, 2.24) is 4.90 Å². The van der Waals surface area contributed by atoms with Gasteiger partial charge in [0, 0.05) is 29.5 Å². The zero-order valence-corrected chi connectivity index (χ0v) is 13.8. The molecule has 0 atom stereocenters. The number of nitrogens with zero attached hydrogens (tertiary/aromatic N) is 1. The van der Waals surface area contributed by atoms with E-state index in [1.807, 2.05) is 13.1 Å². The first-order valence-corrected chi connectivity index (χ1v) is 7.97. The molecule has 1 aromatic carbocycles. The summed E-state index contributed by atoms with van der Waals surface area (Å²) in [6.07, 6.45) is 2.12. The molecule has 2 rings (SSSR count). The predicted molar refractivity (Wildman–Crippen MR) is 84.3 cm³/mol. The van der Waals surface area contributed by atoms with Crippen molar-refractivity contribution in [2.24, 2.45) is 5.92 Å². The van der Waals surface area contributed by atoms with E-state index < -0.39 is 0 Å². The van der Waals surface area contributed by atoms with Gasteiger partial charge >= 0.3 is 0 Å². The van der Waals surface area contributed by atoms with E-state index in [0.29, 0.717) is 22.9 Å². The second kappa shape index (κ2) is 7.03. The first-order valence-electron chi connectivity index (χ1n) is 6.80. The number of aliphatic hydroxyl groups is 1. The lowest BCUT2D eigenvalue weighted by atomic mass is 9.82. The minimum Gasteiger partial charge on any atom is -0.393 e. The Kier molecular flexibility index (Phi) is 5.61. The number of hydrogen-bond donors (Lipinski definition) is 1. The molecule has 3 nitrogen and oxygen atoms in total. The van der Waals surface area contributed by atoms with Crippen LogP contribution in [0.25, 0.3) is 0 Å². The van der Waals surface area contributed by atoms with E-state index in [-0.39, 0.29) is 11.9 Å². The Morgan fingerprint density at radius 1 is 1.50 bits per heavy atom. The largest absolute Gasteiger partial charge is 0.393 e. The van der Waals surface area contributed by atoms with Gasteiger partial charge in [-0.3, -0.25) is 4.79 Å². The highest BCUT2D eigenvalue weighted by molar-refractivity contribution is 9.10. The van der Waals surface area contributed by atoms with Gasteiger partial charge in [-0.15, -0.1) is 0 Å². The molecule has 0 bridgehead atoms. The first kappa shape index (κ1) is 16.0. The summed E-state index contributed by atoms with van der Waals surface area (Å²) in [4.78, 5) is 14.3. The number of Topliss-reactive ketones (excluding diaryl/α,β-unsaturated/α-hetero) is 1. The number of hydrogen-bond acceptors (Lipinski definition) is 3. The molecule has 0 aliphatic heterocycles. The Labute approximate surface area is 133 Å². The summed E-state index contributed by atoms with van der Waals surface area (Å²) in [5.74, 6) is 0.643. The van der Waals surface area contributed by atoms with Crippen LogP contribution in [0.2, 0.25) is 5.02 Å². The molecule has 0 spiro atoms. The smallest absolute Gasteiger partial charge is 0.165 e. The highest BCUT2D eigenvalue weighted by Crippen LogP contribution is 2.27. The Hall–Kier alpha value is -0.420. The summed E-state index contributed by atoms with van der Waals surface area (Å²) in [5.41, 5.74) is 0.585. The number of carbonyl (C=O) groups excluding carboxylic acids is 1. The maximum absolute atomic E-state index is 12.1. The molecule has 1 N–H and O–H groups in total. The van der Waals surface area contributed by atoms with E-state index in [1.54, 1.807) is 12.1 Å². The number of ketones is 1. The third-order valence-electron chi connectivity index (χ3n) is 3.73. The van der Waals surface area contributed by atoms with Crippen molar-refractivity contribution in [2.75, 3.05) is 20.1 Å². The van der Waals surface area contributed by atoms with Crippen LogP contribution in [-0.2, 0) is 0 Å². The molecule has 1 fully saturated rings. The molecule has 0 saturated heterocycles. The molecule has 1 aromatic rings. The minimum absolute atomic E-state index is 0.0722. The van der Waals surface area contributed by atoms with E-state index >= 15 is 0 Å². The van der Waals surface area contributed by atoms with Crippen LogP contribution in [0.1, 0.15) is 29.6 Å². The van der Waals surface area contributed by atoms with Crippen LogP contribution >= 0.6 is 27.5 Å². The Morgan fingerprint density at radius 3 is 2.80 bits per heavy atom. The average molecular weight is 361 g/mol. The molecule has 20 heavy (non-hydrogen) atoms. The van der Waals surface area contributed by atoms with E-state index in [2.05, 4.69) is 20.8 Å². The fourth-order valence-electron chi connectivity index (χ4n) is 2.52. The van der Waals surface area contributed by atoms with Crippen LogP contribution < -0.4 is 0 Å². The zero-order valence-electron chi connectivity index (χ0n) is 11.5. The molecular weight excluding hydrogens is 342 g/mol. The molecule has 0 heterocycles. The Bertz CT molecular complexity index is 489. The normalized spacial score (nSPS) is 21.9. The summed E-state index contributed by atoms with van der Waals surface area (Å²) in [6.45, 7) is 1.66. The molecule has 5 heteroatoms. The monoisotopic (exact) mass is 359 g/mol. The summed E-state index contributed by atoms with van der Waals surface area (Å²) in [7, 11) is 2.02. The number of carbonyl (C=O) groups is 1. The molecule has 1 saturated carbocycles. The second-order valence-electron chi connectivity index (χ2n) is 5.55. The van der Waals surface area contributed by atoms with Crippen molar-refractivity contribution in [1.29, 1.82) is 0 Å². The number of rotatable bonds is 6. The third-order valence-corrected chi connectivity index (χ3v) is 4.54. The van der Waals surface area contributed by atoms with Gasteiger partial charge in [0.15, 0.2) is 5.78 Å². The topological polar surface area (TPSA) is 40.5 Å². The van der Waals surface area contributed by atoms with Crippen molar-refractivity contribution < 1.29 is 9.90 Å². The fourth-order valence-corrected chi connectivity index (χ4v) is 3.30. The lowest BCUT2D eigenvalue weighted by Crippen LogP contribution is -2.37.